The van der Waals surface area contributed by atoms with Crippen LogP contribution in [0.15, 0.2) is 24.3 Å². The van der Waals surface area contributed by atoms with Crippen molar-refractivity contribution in [2.75, 3.05) is 6.54 Å². The number of likely N-dealkylation sites (N-methyl/N-ethyl adjacent to an activating group) is 1. The van der Waals surface area contributed by atoms with Crippen LogP contribution in [0.2, 0.25) is 0 Å². The third-order valence-corrected chi connectivity index (χ3v) is 3.70. The fraction of sp³-hybridized carbons (Fsp3) is 0.562. The van der Waals surface area contributed by atoms with Crippen molar-refractivity contribution < 1.29 is 4.79 Å². The summed E-state index contributed by atoms with van der Waals surface area (Å²) in [5.74, 6) is 0.764. The van der Waals surface area contributed by atoms with Gasteiger partial charge in [-0.25, -0.2) is 0 Å². The maximum Gasteiger partial charge on any atom is 0.236 e. The first-order valence-corrected chi connectivity index (χ1v) is 7.22. The molecule has 0 bridgehead atoms. The highest BCUT2D eigenvalue weighted by molar-refractivity contribution is 5.81. The van der Waals surface area contributed by atoms with Gasteiger partial charge in [0.15, 0.2) is 0 Å². The predicted octanol–water partition coefficient (Wildman–Crippen LogP) is 2.56. The molecule has 2 N–H and O–H groups in total. The van der Waals surface area contributed by atoms with Crippen LogP contribution in [0.5, 0.6) is 0 Å². The zero-order chi connectivity index (χ0) is 13.8. The van der Waals surface area contributed by atoms with Gasteiger partial charge in [0.05, 0.1) is 6.04 Å². The first kappa shape index (κ1) is 14.1. The number of carbonyl (C=O) groups excluding carboxylic acids is 1. The molecule has 1 aromatic carbocycles. The summed E-state index contributed by atoms with van der Waals surface area (Å²) in [6.45, 7) is 6.67. The smallest absolute Gasteiger partial charge is 0.236 e. The molecule has 0 saturated heterocycles. The van der Waals surface area contributed by atoms with Crippen LogP contribution in [0.4, 0.5) is 0 Å². The highest BCUT2D eigenvalue weighted by atomic mass is 16.2. The summed E-state index contributed by atoms with van der Waals surface area (Å²) >= 11 is 0. The number of benzene rings is 1. The summed E-state index contributed by atoms with van der Waals surface area (Å²) < 4.78 is 0. The molecular weight excluding hydrogens is 236 g/mol. The predicted molar refractivity (Wildman–Crippen MR) is 77.9 cm³/mol. The molecule has 1 amide bonds. The molecule has 1 fully saturated rings. The van der Waals surface area contributed by atoms with Gasteiger partial charge in [-0.1, -0.05) is 29.8 Å². The molecule has 1 aliphatic carbocycles. The normalized spacial score (nSPS) is 17.8. The molecule has 0 heterocycles. The van der Waals surface area contributed by atoms with E-state index in [-0.39, 0.29) is 11.9 Å². The van der Waals surface area contributed by atoms with E-state index in [2.05, 4.69) is 41.8 Å². The minimum absolute atomic E-state index is 0.0836. The van der Waals surface area contributed by atoms with E-state index < -0.39 is 0 Å². The minimum atomic E-state index is -0.146. The molecule has 19 heavy (non-hydrogen) atoms. The number of hydrogen-bond acceptors (Lipinski definition) is 2. The van der Waals surface area contributed by atoms with E-state index in [1.165, 1.54) is 24.0 Å². The van der Waals surface area contributed by atoms with Crippen LogP contribution in [0.3, 0.4) is 0 Å². The van der Waals surface area contributed by atoms with Crippen molar-refractivity contribution in [2.45, 2.75) is 45.7 Å². The molecule has 1 aliphatic rings. The second-order valence-electron chi connectivity index (χ2n) is 5.51. The van der Waals surface area contributed by atoms with Crippen LogP contribution in [0.1, 0.15) is 43.9 Å². The van der Waals surface area contributed by atoms with Crippen molar-refractivity contribution in [1.29, 1.82) is 0 Å². The van der Waals surface area contributed by atoms with Crippen molar-refractivity contribution in [1.82, 2.24) is 10.6 Å². The van der Waals surface area contributed by atoms with E-state index in [1.807, 2.05) is 13.8 Å². The van der Waals surface area contributed by atoms with Crippen LogP contribution in [-0.4, -0.2) is 18.5 Å². The third-order valence-electron chi connectivity index (χ3n) is 3.70. The molecular formula is C16H24N2O. The lowest BCUT2D eigenvalue weighted by atomic mass is 10.00. The Hall–Kier alpha value is -1.35. The van der Waals surface area contributed by atoms with E-state index in [4.69, 9.17) is 0 Å². The summed E-state index contributed by atoms with van der Waals surface area (Å²) in [7, 11) is 0. The number of aryl methyl sites for hydroxylation is 1. The lowest BCUT2D eigenvalue weighted by Gasteiger charge is -2.23. The number of rotatable bonds is 6. The fourth-order valence-electron chi connectivity index (χ4n) is 2.38. The lowest BCUT2D eigenvalue weighted by Crippen LogP contribution is -2.44. The van der Waals surface area contributed by atoms with E-state index in [1.54, 1.807) is 0 Å². The SMILES string of the molecule is CCNC(=O)C(C)NC(c1ccc(C)cc1)C1CC1. The molecule has 104 valence electrons. The van der Waals surface area contributed by atoms with E-state index in [9.17, 15) is 4.79 Å². The molecule has 3 heteroatoms. The summed E-state index contributed by atoms with van der Waals surface area (Å²) in [5.41, 5.74) is 2.57. The van der Waals surface area contributed by atoms with Crippen LogP contribution in [-0.2, 0) is 4.79 Å². The molecule has 3 nitrogen and oxygen atoms in total. The Kier molecular flexibility index (Phi) is 4.59. The second kappa shape index (κ2) is 6.20. The van der Waals surface area contributed by atoms with Gasteiger partial charge in [-0.3, -0.25) is 10.1 Å². The van der Waals surface area contributed by atoms with Gasteiger partial charge in [0.1, 0.15) is 0 Å². The van der Waals surface area contributed by atoms with Gasteiger partial charge < -0.3 is 5.32 Å². The lowest BCUT2D eigenvalue weighted by molar-refractivity contribution is -0.122. The van der Waals surface area contributed by atoms with Crippen LogP contribution < -0.4 is 10.6 Å². The molecule has 0 spiro atoms. The number of carbonyl (C=O) groups is 1. The van der Waals surface area contributed by atoms with Crippen molar-refractivity contribution in [3.05, 3.63) is 35.4 Å². The molecule has 1 aromatic rings. The molecule has 2 unspecified atom stereocenters. The number of amides is 1. The summed E-state index contributed by atoms with van der Waals surface area (Å²) in [4.78, 5) is 11.8. The summed E-state index contributed by atoms with van der Waals surface area (Å²) in [6, 6.07) is 8.79. The molecule has 2 atom stereocenters. The van der Waals surface area contributed by atoms with Crippen molar-refractivity contribution in [2.24, 2.45) is 5.92 Å². The highest BCUT2D eigenvalue weighted by Crippen LogP contribution is 2.41. The zero-order valence-electron chi connectivity index (χ0n) is 12.1. The number of hydrogen-bond donors (Lipinski definition) is 2. The van der Waals surface area contributed by atoms with Gasteiger partial charge in [-0.15, -0.1) is 0 Å². The Bertz CT molecular complexity index is 423. The molecule has 2 rings (SSSR count). The Labute approximate surface area is 115 Å². The van der Waals surface area contributed by atoms with Crippen molar-refractivity contribution in [3.8, 4) is 0 Å². The molecule has 0 radical (unpaired) electrons. The topological polar surface area (TPSA) is 41.1 Å². The molecule has 0 aromatic heterocycles. The minimum Gasteiger partial charge on any atom is -0.355 e. The number of nitrogens with one attached hydrogen (secondary N) is 2. The van der Waals surface area contributed by atoms with E-state index in [0.717, 1.165) is 0 Å². The Morgan fingerprint density at radius 3 is 2.47 bits per heavy atom. The maximum absolute atomic E-state index is 11.8. The van der Waals surface area contributed by atoms with Crippen LogP contribution in [0, 0.1) is 12.8 Å². The third kappa shape index (κ3) is 3.80. The van der Waals surface area contributed by atoms with Crippen molar-refractivity contribution >= 4 is 5.91 Å². The van der Waals surface area contributed by atoms with Gasteiger partial charge in [-0.05, 0) is 45.1 Å². The Morgan fingerprint density at radius 2 is 1.95 bits per heavy atom. The Balaban J connectivity index is 2.04. The van der Waals surface area contributed by atoms with Gasteiger partial charge in [0.2, 0.25) is 5.91 Å². The average Bonchev–Trinajstić information content (AvgIpc) is 3.21. The second-order valence-corrected chi connectivity index (χ2v) is 5.51. The van der Waals surface area contributed by atoms with Crippen molar-refractivity contribution in [3.63, 3.8) is 0 Å². The van der Waals surface area contributed by atoms with Gasteiger partial charge in [0.25, 0.3) is 0 Å². The van der Waals surface area contributed by atoms with E-state index in [0.29, 0.717) is 18.5 Å². The fourth-order valence-corrected chi connectivity index (χ4v) is 2.38. The summed E-state index contributed by atoms with van der Waals surface area (Å²) in [5, 5.41) is 6.36. The van der Waals surface area contributed by atoms with Gasteiger partial charge >= 0.3 is 0 Å². The van der Waals surface area contributed by atoms with Gasteiger partial charge in [0, 0.05) is 12.6 Å². The Morgan fingerprint density at radius 1 is 1.32 bits per heavy atom. The van der Waals surface area contributed by atoms with Crippen LogP contribution >= 0.6 is 0 Å². The molecule has 1 saturated carbocycles. The standard InChI is InChI=1S/C16H24N2O/c1-4-17-16(19)12(3)18-15(14-9-10-14)13-7-5-11(2)6-8-13/h5-8,12,14-15,18H,4,9-10H2,1-3H3,(H,17,19). The largest absolute Gasteiger partial charge is 0.355 e. The molecule has 0 aliphatic heterocycles. The van der Waals surface area contributed by atoms with E-state index >= 15 is 0 Å². The summed E-state index contributed by atoms with van der Waals surface area (Å²) in [6.07, 6.45) is 2.52. The first-order chi connectivity index (χ1) is 9.11. The highest BCUT2D eigenvalue weighted by Gasteiger charge is 2.33. The quantitative estimate of drug-likeness (QED) is 0.825. The average molecular weight is 260 g/mol. The maximum atomic E-state index is 11.8. The monoisotopic (exact) mass is 260 g/mol. The van der Waals surface area contributed by atoms with Gasteiger partial charge in [-0.2, -0.15) is 0 Å². The zero-order valence-corrected chi connectivity index (χ0v) is 12.1. The first-order valence-electron chi connectivity index (χ1n) is 7.22. The van der Waals surface area contributed by atoms with Crippen LogP contribution in [0.25, 0.3) is 0 Å².